The molecule has 0 aliphatic carbocycles. The van der Waals surface area contributed by atoms with Crippen LogP contribution in [0.15, 0.2) is 0 Å². The molecule has 0 fully saturated rings. The average molecular weight is 262 g/mol. The molecule has 0 bridgehead atoms. The van der Waals surface area contributed by atoms with Crippen molar-refractivity contribution in [2.45, 2.75) is 0 Å². The van der Waals surface area contributed by atoms with Crippen LogP contribution in [0.3, 0.4) is 0 Å². The Morgan fingerprint density at radius 2 is 1.10 bits per heavy atom. The van der Waals surface area contributed by atoms with Gasteiger partial charge in [0, 0.05) is 0 Å². The van der Waals surface area contributed by atoms with E-state index in [9.17, 15) is 0 Å². The Morgan fingerprint density at radius 1 is 1.10 bits per heavy atom. The summed E-state index contributed by atoms with van der Waals surface area (Å²) in [5.74, 6) is 0. The summed E-state index contributed by atoms with van der Waals surface area (Å²) < 4.78 is 64.7. The first kappa shape index (κ1) is 13.0. The first-order valence-corrected chi connectivity index (χ1v) is 6.03. The SMILES string of the molecule is [O-][Cl+3]([O-])([O-])O.[O]=[Mo](=[O])([OH])[OH]. The third-order valence-electron chi connectivity index (χ3n) is 0. The van der Waals surface area contributed by atoms with Crippen LogP contribution < -0.4 is 14.0 Å². The van der Waals surface area contributed by atoms with E-state index in [4.69, 9.17) is 33.0 Å². The van der Waals surface area contributed by atoms with Gasteiger partial charge in [-0.15, -0.1) is 0 Å². The summed E-state index contributed by atoms with van der Waals surface area (Å²) in [5, 5.41) is 0. The molecule has 8 nitrogen and oxygen atoms in total. The van der Waals surface area contributed by atoms with Gasteiger partial charge in [-0.2, -0.15) is 14.0 Å². The Bertz CT molecular complexity index is 144. The molecule has 0 aliphatic rings. The third kappa shape index (κ3) is 3920. The molecule has 0 saturated heterocycles. The first-order valence-electron chi connectivity index (χ1n) is 1.33. The van der Waals surface area contributed by atoms with Crippen LogP contribution in [0.25, 0.3) is 0 Å². The van der Waals surface area contributed by atoms with E-state index in [-0.39, 0.29) is 0 Å². The number of hydrogen-bond acceptors (Lipinski definition) is 6. The fourth-order valence-electron chi connectivity index (χ4n) is 0. The maximum absolute atomic E-state index is 8.85. The maximum atomic E-state index is 8.85. The Hall–Kier alpha value is 0.338. The number of hydrogen-bond donors (Lipinski definition) is 3. The Labute approximate surface area is 60.4 Å². The molecular weight excluding hydrogens is 259 g/mol. The van der Waals surface area contributed by atoms with Crippen molar-refractivity contribution >= 4 is 0 Å². The van der Waals surface area contributed by atoms with Gasteiger partial charge in [0.1, 0.15) is 0 Å². The molecule has 0 aromatic carbocycles. The molecule has 0 saturated carbocycles. The Balaban J connectivity index is 0. The molecule has 0 aromatic heterocycles. The zero-order chi connectivity index (χ0) is 9.00. The molecule has 0 amide bonds. The Morgan fingerprint density at radius 3 is 1.10 bits per heavy atom. The molecule has 10 heavy (non-hydrogen) atoms. The van der Waals surface area contributed by atoms with Gasteiger partial charge >= 0.3 is 31.1 Å². The summed E-state index contributed by atoms with van der Waals surface area (Å²) in [5.41, 5.74) is 0. The topological polar surface area (TPSA) is 164 Å². The molecule has 0 rings (SSSR count). The van der Waals surface area contributed by atoms with Gasteiger partial charge in [0.25, 0.3) is 0 Å². The molecule has 0 aromatic rings. The van der Waals surface area contributed by atoms with Gasteiger partial charge in [-0.05, 0) is 0 Å². The van der Waals surface area contributed by atoms with Crippen molar-refractivity contribution in [3.05, 3.63) is 0 Å². The second-order valence-corrected chi connectivity index (χ2v) is 3.84. The number of halogens is 1. The first-order chi connectivity index (χ1) is 4.00. The molecule has 0 spiro atoms. The van der Waals surface area contributed by atoms with E-state index in [2.05, 4.69) is 0 Å². The fourth-order valence-corrected chi connectivity index (χ4v) is 0. The minimum absolute atomic E-state index is 4.69. The quantitative estimate of drug-likeness (QED) is 0.364. The van der Waals surface area contributed by atoms with Crippen molar-refractivity contribution in [3.63, 3.8) is 0 Å². The van der Waals surface area contributed by atoms with Gasteiger partial charge in [0.2, 0.25) is 0 Å². The van der Waals surface area contributed by atoms with E-state index in [1.807, 2.05) is 0 Å². The van der Waals surface area contributed by atoms with Crippen molar-refractivity contribution in [2.75, 3.05) is 0 Å². The van der Waals surface area contributed by atoms with Crippen LogP contribution in [-0.2, 0) is 23.5 Å². The standard InChI is InChI=1S/ClHO4.Mo.2H2O.2O/c2-1(3,4)5;;;;;/h(H,2,3,4,5);;2*1H2;;/q;+2;;;;/p-2. The normalized spacial score (nSPS) is 11.8. The van der Waals surface area contributed by atoms with Crippen LogP contribution in [0.4, 0.5) is 0 Å². The van der Waals surface area contributed by atoms with Crippen LogP contribution in [0.5, 0.6) is 0 Å². The zero-order valence-electron chi connectivity index (χ0n) is 4.17. The second kappa shape index (κ2) is 4.26. The third-order valence-corrected chi connectivity index (χ3v) is 0. The second-order valence-electron chi connectivity index (χ2n) is 0.844. The van der Waals surface area contributed by atoms with Crippen molar-refractivity contribution < 1.29 is 59.9 Å². The van der Waals surface area contributed by atoms with Crippen molar-refractivity contribution in [2.24, 2.45) is 0 Å². The van der Waals surface area contributed by atoms with Gasteiger partial charge < -0.3 is 0 Å². The summed E-state index contributed by atoms with van der Waals surface area (Å²) in [6.45, 7) is 0. The van der Waals surface area contributed by atoms with Gasteiger partial charge in [0.05, 0.1) is 14.9 Å². The monoisotopic (exact) mass is 264 g/mol. The van der Waals surface area contributed by atoms with E-state index in [1.165, 1.54) is 0 Å². The van der Waals surface area contributed by atoms with Crippen LogP contribution in [0.1, 0.15) is 0 Å². The van der Waals surface area contributed by atoms with Crippen molar-refractivity contribution in [1.29, 1.82) is 0 Å². The summed E-state index contributed by atoms with van der Waals surface area (Å²) >= 11 is -5.52. The van der Waals surface area contributed by atoms with Gasteiger partial charge in [-0.1, -0.05) is 0 Å². The van der Waals surface area contributed by atoms with Crippen molar-refractivity contribution in [3.8, 4) is 0 Å². The van der Waals surface area contributed by atoms with E-state index in [0.717, 1.165) is 0 Å². The summed E-state index contributed by atoms with van der Waals surface area (Å²) in [4.78, 5) is 0. The van der Waals surface area contributed by atoms with E-state index in [1.54, 1.807) is 0 Å². The fraction of sp³-hybridized carbons (Fsp3) is 0. The van der Waals surface area contributed by atoms with Crippen LogP contribution in [-0.4, -0.2) is 12.2 Å². The zero-order valence-corrected chi connectivity index (χ0v) is 6.93. The summed E-state index contributed by atoms with van der Waals surface area (Å²) in [6, 6.07) is 0. The van der Waals surface area contributed by atoms with Gasteiger partial charge in [0.15, 0.2) is 0 Å². The molecule has 3 N–H and O–H groups in total. The number of rotatable bonds is 0. The van der Waals surface area contributed by atoms with Crippen LogP contribution in [0, 0.1) is 10.2 Å². The molecule has 10 heteroatoms. The molecule has 64 valence electrons. The van der Waals surface area contributed by atoms with E-state index < -0.39 is 27.0 Å². The molecule has 0 unspecified atom stereocenters. The molecular formula is H3ClMoO8. The van der Waals surface area contributed by atoms with E-state index in [0.29, 0.717) is 0 Å². The Kier molecular flexibility index (Phi) is 5.53. The van der Waals surface area contributed by atoms with Crippen molar-refractivity contribution in [1.82, 2.24) is 0 Å². The van der Waals surface area contributed by atoms with Gasteiger partial charge in [-0.3, -0.25) is 0 Å². The average Bonchev–Trinajstić information content (AvgIpc) is 1.12. The molecule has 0 aliphatic heterocycles. The predicted molar refractivity (Wildman–Crippen MR) is 8.03 cm³/mol. The van der Waals surface area contributed by atoms with Crippen LogP contribution >= 0.6 is 0 Å². The molecule has 0 radical (unpaired) electrons. The van der Waals surface area contributed by atoms with E-state index >= 15 is 0 Å². The predicted octanol–water partition coefficient (Wildman–Crippen LogP) is -5.48. The minimum atomic E-state index is -5.52. The summed E-state index contributed by atoms with van der Waals surface area (Å²) in [7, 11) is -4.69. The van der Waals surface area contributed by atoms with Gasteiger partial charge in [-0.25, -0.2) is 0 Å². The summed E-state index contributed by atoms with van der Waals surface area (Å²) in [6.07, 6.45) is 0. The van der Waals surface area contributed by atoms with Crippen LogP contribution in [0.2, 0.25) is 0 Å². The molecule has 0 atom stereocenters. The molecule has 0 heterocycles.